The highest BCUT2D eigenvalue weighted by Gasteiger charge is 2.38. The number of fused-ring (bicyclic) bond motifs is 1. The minimum atomic E-state index is -0.131. The molecule has 0 bridgehead atoms. The van der Waals surface area contributed by atoms with Gasteiger partial charge < -0.3 is 10.5 Å². The maximum Gasteiger partial charge on any atom is 0.124 e. The quantitative estimate of drug-likeness (QED) is 0.765. The van der Waals surface area contributed by atoms with Gasteiger partial charge in [-0.15, -0.1) is 0 Å². The SMILES string of the molecule is CC(C)[C@]1(C)C[C@@H](N)c2ccccc2O1. The van der Waals surface area contributed by atoms with Crippen molar-refractivity contribution < 1.29 is 4.74 Å². The van der Waals surface area contributed by atoms with E-state index in [1.807, 2.05) is 18.2 Å². The summed E-state index contributed by atoms with van der Waals surface area (Å²) in [5, 5.41) is 0. The second kappa shape index (κ2) is 3.53. The molecule has 2 heteroatoms. The number of hydrogen-bond acceptors (Lipinski definition) is 2. The highest BCUT2D eigenvalue weighted by atomic mass is 16.5. The predicted molar refractivity (Wildman–Crippen MR) is 61.9 cm³/mol. The van der Waals surface area contributed by atoms with Crippen LogP contribution >= 0.6 is 0 Å². The number of nitrogens with two attached hydrogens (primary N) is 1. The van der Waals surface area contributed by atoms with Gasteiger partial charge in [0.05, 0.1) is 0 Å². The lowest BCUT2D eigenvalue weighted by atomic mass is 9.81. The molecule has 0 unspecified atom stereocenters. The maximum absolute atomic E-state index is 6.18. The molecule has 0 aliphatic carbocycles. The topological polar surface area (TPSA) is 35.2 Å². The number of rotatable bonds is 1. The molecule has 0 amide bonds. The Morgan fingerprint density at radius 1 is 1.40 bits per heavy atom. The Balaban J connectivity index is 2.38. The number of para-hydroxylation sites is 1. The Kier molecular flexibility index (Phi) is 2.47. The van der Waals surface area contributed by atoms with Crippen LogP contribution in [0, 0.1) is 5.92 Å². The second-order valence-electron chi connectivity index (χ2n) is 4.92. The Hall–Kier alpha value is -1.02. The van der Waals surface area contributed by atoms with E-state index in [4.69, 9.17) is 10.5 Å². The summed E-state index contributed by atoms with van der Waals surface area (Å²) in [6.07, 6.45) is 0.891. The van der Waals surface area contributed by atoms with Crippen LogP contribution in [0.3, 0.4) is 0 Å². The van der Waals surface area contributed by atoms with E-state index in [0.29, 0.717) is 5.92 Å². The number of hydrogen-bond donors (Lipinski definition) is 1. The lowest BCUT2D eigenvalue weighted by Gasteiger charge is -2.41. The first-order chi connectivity index (χ1) is 7.03. The third kappa shape index (κ3) is 1.74. The van der Waals surface area contributed by atoms with E-state index < -0.39 is 0 Å². The fourth-order valence-corrected chi connectivity index (χ4v) is 2.07. The molecule has 82 valence electrons. The molecule has 1 heterocycles. The van der Waals surface area contributed by atoms with Crippen molar-refractivity contribution in [3.05, 3.63) is 29.8 Å². The minimum Gasteiger partial charge on any atom is -0.487 e. The predicted octanol–water partition coefficient (Wildman–Crippen LogP) is 2.88. The molecule has 0 saturated carbocycles. The Labute approximate surface area is 91.4 Å². The van der Waals surface area contributed by atoms with Gasteiger partial charge in [-0.2, -0.15) is 0 Å². The van der Waals surface area contributed by atoms with Crippen molar-refractivity contribution >= 4 is 0 Å². The van der Waals surface area contributed by atoms with Gasteiger partial charge in [-0.05, 0) is 18.9 Å². The van der Waals surface area contributed by atoms with E-state index >= 15 is 0 Å². The molecule has 1 aliphatic rings. The van der Waals surface area contributed by atoms with Crippen molar-refractivity contribution in [1.29, 1.82) is 0 Å². The van der Waals surface area contributed by atoms with Crippen molar-refractivity contribution in [2.24, 2.45) is 11.7 Å². The summed E-state index contributed by atoms with van der Waals surface area (Å²) >= 11 is 0. The molecule has 2 N–H and O–H groups in total. The summed E-state index contributed by atoms with van der Waals surface area (Å²) < 4.78 is 6.07. The van der Waals surface area contributed by atoms with Crippen LogP contribution in [-0.4, -0.2) is 5.60 Å². The molecule has 0 fully saturated rings. The molecule has 0 aromatic heterocycles. The van der Waals surface area contributed by atoms with E-state index in [9.17, 15) is 0 Å². The van der Waals surface area contributed by atoms with E-state index in [1.165, 1.54) is 0 Å². The van der Waals surface area contributed by atoms with Gasteiger partial charge in [0.1, 0.15) is 11.4 Å². The van der Waals surface area contributed by atoms with Crippen LogP contribution in [0.1, 0.15) is 38.8 Å². The molecule has 1 aromatic rings. The van der Waals surface area contributed by atoms with Gasteiger partial charge in [0.15, 0.2) is 0 Å². The molecule has 15 heavy (non-hydrogen) atoms. The lowest BCUT2D eigenvalue weighted by molar-refractivity contribution is 0.0108. The number of ether oxygens (including phenoxy) is 1. The fraction of sp³-hybridized carbons (Fsp3) is 0.538. The zero-order chi connectivity index (χ0) is 11.1. The van der Waals surface area contributed by atoms with Gasteiger partial charge in [-0.1, -0.05) is 32.0 Å². The third-order valence-electron chi connectivity index (χ3n) is 3.51. The molecule has 1 aliphatic heterocycles. The van der Waals surface area contributed by atoms with E-state index in [2.05, 4.69) is 26.8 Å². The normalized spacial score (nSPS) is 29.8. The molecule has 2 nitrogen and oxygen atoms in total. The molecular formula is C13H19NO. The van der Waals surface area contributed by atoms with Crippen molar-refractivity contribution in [1.82, 2.24) is 0 Å². The monoisotopic (exact) mass is 205 g/mol. The summed E-state index contributed by atoms with van der Waals surface area (Å²) in [7, 11) is 0. The van der Waals surface area contributed by atoms with Gasteiger partial charge in [0, 0.05) is 18.0 Å². The Morgan fingerprint density at radius 2 is 2.07 bits per heavy atom. The van der Waals surface area contributed by atoms with Crippen LogP contribution in [-0.2, 0) is 0 Å². The van der Waals surface area contributed by atoms with Gasteiger partial charge in [0.25, 0.3) is 0 Å². The zero-order valence-corrected chi connectivity index (χ0v) is 9.66. The molecule has 1 aromatic carbocycles. The Morgan fingerprint density at radius 3 is 2.73 bits per heavy atom. The summed E-state index contributed by atoms with van der Waals surface area (Å²) in [6, 6.07) is 8.18. The second-order valence-corrected chi connectivity index (χ2v) is 4.92. The largest absolute Gasteiger partial charge is 0.487 e. The lowest BCUT2D eigenvalue weighted by Crippen LogP contribution is -2.44. The van der Waals surface area contributed by atoms with Gasteiger partial charge in [-0.3, -0.25) is 0 Å². The fourth-order valence-electron chi connectivity index (χ4n) is 2.07. The van der Waals surface area contributed by atoms with E-state index in [0.717, 1.165) is 17.7 Å². The van der Waals surface area contributed by atoms with Crippen LogP contribution in [0.25, 0.3) is 0 Å². The Bertz CT molecular complexity index is 361. The van der Waals surface area contributed by atoms with E-state index in [1.54, 1.807) is 0 Å². The maximum atomic E-state index is 6.18. The molecule has 2 rings (SSSR count). The van der Waals surface area contributed by atoms with Crippen molar-refractivity contribution in [2.75, 3.05) is 0 Å². The molecule has 0 spiro atoms. The van der Waals surface area contributed by atoms with Crippen LogP contribution in [0.15, 0.2) is 24.3 Å². The molecular weight excluding hydrogens is 186 g/mol. The minimum absolute atomic E-state index is 0.0994. The average Bonchev–Trinajstić information content (AvgIpc) is 2.17. The molecule has 0 saturated heterocycles. The van der Waals surface area contributed by atoms with E-state index in [-0.39, 0.29) is 11.6 Å². The number of benzene rings is 1. The smallest absolute Gasteiger partial charge is 0.124 e. The zero-order valence-electron chi connectivity index (χ0n) is 9.66. The summed E-state index contributed by atoms with van der Waals surface area (Å²) in [5.41, 5.74) is 7.18. The van der Waals surface area contributed by atoms with Crippen LogP contribution < -0.4 is 10.5 Å². The average molecular weight is 205 g/mol. The summed E-state index contributed by atoms with van der Waals surface area (Å²) in [4.78, 5) is 0. The van der Waals surface area contributed by atoms with Gasteiger partial charge in [-0.25, -0.2) is 0 Å². The third-order valence-corrected chi connectivity index (χ3v) is 3.51. The highest BCUT2D eigenvalue weighted by Crippen LogP contribution is 2.41. The van der Waals surface area contributed by atoms with Crippen LogP contribution in [0.2, 0.25) is 0 Å². The van der Waals surface area contributed by atoms with Crippen molar-refractivity contribution in [3.63, 3.8) is 0 Å². The van der Waals surface area contributed by atoms with Crippen molar-refractivity contribution in [3.8, 4) is 5.75 Å². The van der Waals surface area contributed by atoms with Crippen LogP contribution in [0.5, 0.6) is 5.75 Å². The first kappa shape index (κ1) is 10.5. The van der Waals surface area contributed by atoms with Crippen molar-refractivity contribution in [2.45, 2.75) is 38.8 Å². The first-order valence-corrected chi connectivity index (χ1v) is 5.56. The first-order valence-electron chi connectivity index (χ1n) is 5.56. The summed E-state index contributed by atoms with van der Waals surface area (Å²) in [5.74, 6) is 1.42. The van der Waals surface area contributed by atoms with Gasteiger partial charge in [0.2, 0.25) is 0 Å². The van der Waals surface area contributed by atoms with Crippen LogP contribution in [0.4, 0.5) is 0 Å². The van der Waals surface area contributed by atoms with Gasteiger partial charge >= 0.3 is 0 Å². The highest BCUT2D eigenvalue weighted by molar-refractivity contribution is 5.38. The molecule has 2 atom stereocenters. The molecule has 0 radical (unpaired) electrons. The summed E-state index contributed by atoms with van der Waals surface area (Å²) in [6.45, 7) is 6.51. The standard InChI is InChI=1S/C13H19NO/c1-9(2)13(3)8-11(14)10-6-4-5-7-12(10)15-13/h4-7,9,11H,8,14H2,1-3H3/t11-,13+/m1/s1.